The van der Waals surface area contributed by atoms with E-state index in [1.54, 1.807) is 35.0 Å². The average molecular weight is 453 g/mol. The van der Waals surface area contributed by atoms with E-state index in [-0.39, 0.29) is 18.0 Å². The van der Waals surface area contributed by atoms with E-state index in [4.69, 9.17) is 0 Å². The topological polar surface area (TPSA) is 39.9 Å². The highest BCUT2D eigenvalue weighted by atomic mass is 19.3. The highest BCUT2D eigenvalue weighted by Gasteiger charge is 2.37. The van der Waals surface area contributed by atoms with Gasteiger partial charge in [-0.2, -0.15) is 8.78 Å². The molecule has 8 heteroatoms. The van der Waals surface area contributed by atoms with E-state index in [0.717, 1.165) is 18.5 Å². The summed E-state index contributed by atoms with van der Waals surface area (Å²) in [5.41, 5.74) is 3.22. The maximum atomic E-state index is 15.0. The number of fused-ring (bicyclic) bond motifs is 3. The minimum absolute atomic E-state index is 0.0124. The summed E-state index contributed by atoms with van der Waals surface area (Å²) in [4.78, 5) is 8.80. The van der Waals surface area contributed by atoms with E-state index < -0.39 is 24.6 Å². The second-order valence-corrected chi connectivity index (χ2v) is 8.54. The summed E-state index contributed by atoms with van der Waals surface area (Å²) in [5.74, 6) is 0.151. The molecular weight excluding hydrogens is 434 g/mol. The van der Waals surface area contributed by atoms with Crippen LogP contribution < -0.4 is 4.74 Å². The van der Waals surface area contributed by atoms with Crippen molar-refractivity contribution in [3.8, 4) is 16.9 Å². The third kappa shape index (κ3) is 3.44. The molecule has 6 rings (SSSR count). The summed E-state index contributed by atoms with van der Waals surface area (Å²) in [6.07, 6.45) is 2.52. The molecule has 2 atom stereocenters. The largest absolute Gasteiger partial charge is 0.434 e. The van der Waals surface area contributed by atoms with Gasteiger partial charge in [0.25, 0.3) is 0 Å². The van der Waals surface area contributed by atoms with Crippen LogP contribution in [-0.2, 0) is 0 Å². The van der Waals surface area contributed by atoms with Gasteiger partial charge in [-0.3, -0.25) is 4.98 Å². The molecule has 4 aromatic rings. The van der Waals surface area contributed by atoms with Gasteiger partial charge in [0, 0.05) is 47.0 Å². The molecule has 1 aliphatic carbocycles. The number of imidazole rings is 1. The van der Waals surface area contributed by atoms with Crippen LogP contribution in [0.1, 0.15) is 54.5 Å². The number of alkyl halides is 3. The van der Waals surface area contributed by atoms with E-state index in [1.807, 2.05) is 12.1 Å². The van der Waals surface area contributed by atoms with Gasteiger partial charge in [0.05, 0.1) is 17.1 Å². The molecule has 2 aromatic heterocycles. The molecule has 33 heavy (non-hydrogen) atoms. The van der Waals surface area contributed by atoms with Crippen molar-refractivity contribution in [1.82, 2.24) is 14.5 Å². The quantitative estimate of drug-likeness (QED) is 0.315. The molecule has 2 aliphatic rings. The Morgan fingerprint density at radius 1 is 1.06 bits per heavy atom. The first kappa shape index (κ1) is 20.2. The van der Waals surface area contributed by atoms with Crippen LogP contribution in [0.4, 0.5) is 17.6 Å². The number of rotatable bonds is 5. The van der Waals surface area contributed by atoms with Gasteiger partial charge in [-0.15, -0.1) is 0 Å². The van der Waals surface area contributed by atoms with Gasteiger partial charge >= 0.3 is 6.61 Å². The monoisotopic (exact) mass is 453 g/mol. The molecule has 0 spiro atoms. The first-order chi connectivity index (χ1) is 16.0. The normalized spacial score (nSPS) is 19.9. The van der Waals surface area contributed by atoms with Crippen LogP contribution >= 0.6 is 0 Å². The van der Waals surface area contributed by atoms with Crippen LogP contribution in [0, 0.1) is 5.82 Å². The van der Waals surface area contributed by atoms with Crippen molar-refractivity contribution in [2.45, 2.75) is 44.0 Å². The van der Waals surface area contributed by atoms with Gasteiger partial charge in [0.1, 0.15) is 17.4 Å². The highest BCUT2D eigenvalue weighted by Crippen LogP contribution is 2.46. The molecule has 168 valence electrons. The van der Waals surface area contributed by atoms with Crippen molar-refractivity contribution in [1.29, 1.82) is 0 Å². The number of halogens is 4. The Morgan fingerprint density at radius 3 is 2.61 bits per heavy atom. The molecule has 3 heterocycles. The van der Waals surface area contributed by atoms with Gasteiger partial charge in [-0.1, -0.05) is 24.3 Å². The molecule has 1 saturated carbocycles. The second kappa shape index (κ2) is 7.57. The Hall–Kier alpha value is -3.42. The van der Waals surface area contributed by atoms with Gasteiger partial charge in [0.2, 0.25) is 0 Å². The molecule has 1 aliphatic heterocycles. The van der Waals surface area contributed by atoms with Crippen molar-refractivity contribution in [3.63, 3.8) is 0 Å². The average Bonchev–Trinajstić information content (AvgIpc) is 3.51. The minimum atomic E-state index is -3.00. The number of ether oxygens (including phenoxy) is 1. The molecule has 1 fully saturated rings. The van der Waals surface area contributed by atoms with Crippen LogP contribution in [0.25, 0.3) is 22.2 Å². The van der Waals surface area contributed by atoms with Crippen LogP contribution in [0.2, 0.25) is 0 Å². The van der Waals surface area contributed by atoms with E-state index >= 15 is 0 Å². The van der Waals surface area contributed by atoms with Gasteiger partial charge < -0.3 is 9.30 Å². The lowest BCUT2D eigenvalue weighted by Gasteiger charge is -2.19. The Bertz CT molecular complexity index is 1350. The van der Waals surface area contributed by atoms with Crippen LogP contribution in [0.15, 0.2) is 54.7 Å². The summed E-state index contributed by atoms with van der Waals surface area (Å²) in [6, 6.07) is 12.4. The van der Waals surface area contributed by atoms with Crippen molar-refractivity contribution in [2.75, 3.05) is 0 Å². The van der Waals surface area contributed by atoms with Gasteiger partial charge in [-0.05, 0) is 31.0 Å². The third-order valence-electron chi connectivity index (χ3n) is 6.41. The SMILES string of the molecule is Fc1cc2nc3n(c2cc1-c1ccc(C2CC2)nc1)C(c1ccccc1OC(F)F)CC3F. The summed E-state index contributed by atoms with van der Waals surface area (Å²) in [7, 11) is 0. The molecule has 2 unspecified atom stereocenters. The molecule has 0 saturated heterocycles. The summed E-state index contributed by atoms with van der Waals surface area (Å²) < 4.78 is 62.2. The van der Waals surface area contributed by atoms with E-state index in [9.17, 15) is 17.6 Å². The molecular formula is C25H19F4N3O. The van der Waals surface area contributed by atoms with Crippen molar-refractivity contribution >= 4 is 11.0 Å². The van der Waals surface area contributed by atoms with Gasteiger partial charge in [0.15, 0.2) is 6.17 Å². The van der Waals surface area contributed by atoms with Crippen LogP contribution in [0.5, 0.6) is 5.75 Å². The first-order valence-electron chi connectivity index (χ1n) is 10.8. The number of hydrogen-bond donors (Lipinski definition) is 0. The lowest BCUT2D eigenvalue weighted by molar-refractivity contribution is -0.0507. The zero-order valence-corrected chi connectivity index (χ0v) is 17.4. The molecule has 4 nitrogen and oxygen atoms in total. The zero-order valence-electron chi connectivity index (χ0n) is 17.4. The Labute approximate surface area is 186 Å². The number of nitrogens with zero attached hydrogens (tertiary/aromatic N) is 3. The van der Waals surface area contributed by atoms with Gasteiger partial charge in [-0.25, -0.2) is 13.8 Å². The molecule has 0 N–H and O–H groups in total. The van der Waals surface area contributed by atoms with E-state index in [0.29, 0.717) is 33.6 Å². The van der Waals surface area contributed by atoms with Crippen molar-refractivity contribution < 1.29 is 22.3 Å². The van der Waals surface area contributed by atoms with E-state index in [1.165, 1.54) is 12.1 Å². The summed E-state index contributed by atoms with van der Waals surface area (Å²) >= 11 is 0. The fraction of sp³-hybridized carbons (Fsp3) is 0.280. The smallest absolute Gasteiger partial charge is 0.387 e. The summed E-state index contributed by atoms with van der Waals surface area (Å²) in [5, 5.41) is 0. The summed E-state index contributed by atoms with van der Waals surface area (Å²) in [6.45, 7) is -3.00. The predicted molar refractivity (Wildman–Crippen MR) is 115 cm³/mol. The lowest BCUT2D eigenvalue weighted by atomic mass is 10.0. The number of hydrogen-bond acceptors (Lipinski definition) is 3. The Balaban J connectivity index is 1.47. The minimum Gasteiger partial charge on any atom is -0.434 e. The maximum absolute atomic E-state index is 15.0. The van der Waals surface area contributed by atoms with Crippen LogP contribution in [-0.4, -0.2) is 21.1 Å². The Kier molecular flexibility index (Phi) is 4.64. The second-order valence-electron chi connectivity index (χ2n) is 8.54. The van der Waals surface area contributed by atoms with Crippen molar-refractivity contribution in [3.05, 3.63) is 77.6 Å². The first-order valence-corrected chi connectivity index (χ1v) is 10.8. The lowest BCUT2D eigenvalue weighted by Crippen LogP contribution is -2.10. The Morgan fingerprint density at radius 2 is 1.88 bits per heavy atom. The third-order valence-corrected chi connectivity index (χ3v) is 6.41. The number of pyridine rings is 1. The van der Waals surface area contributed by atoms with E-state index in [2.05, 4.69) is 14.7 Å². The van der Waals surface area contributed by atoms with Crippen molar-refractivity contribution in [2.24, 2.45) is 0 Å². The number of aromatic nitrogens is 3. The standard InChI is InChI=1S/C25H19F4N3O/c26-17-10-20-22(9-16(17)14-7-8-19(30-12-14)13-5-6-13)32-21(11-18(27)24(32)31-20)15-3-1-2-4-23(15)33-25(28)29/h1-4,7-10,12-13,18,21,25H,5-6,11H2. The predicted octanol–water partition coefficient (Wildman–Crippen LogP) is 6.72. The zero-order chi connectivity index (χ0) is 22.7. The number of benzene rings is 2. The molecule has 2 aromatic carbocycles. The van der Waals surface area contributed by atoms with Crippen LogP contribution in [0.3, 0.4) is 0 Å². The highest BCUT2D eigenvalue weighted by molar-refractivity contribution is 5.83. The maximum Gasteiger partial charge on any atom is 0.387 e. The molecule has 0 amide bonds. The fourth-order valence-corrected chi connectivity index (χ4v) is 4.72. The number of para-hydroxylation sites is 1. The molecule has 0 bridgehead atoms. The fourth-order valence-electron chi connectivity index (χ4n) is 4.72. The molecule has 0 radical (unpaired) electrons.